The van der Waals surface area contributed by atoms with Crippen LogP contribution in [0.1, 0.15) is 39.2 Å². The normalized spacial score (nSPS) is 19.4. The first-order valence-corrected chi connectivity index (χ1v) is 5.22. The summed E-state index contributed by atoms with van der Waals surface area (Å²) < 4.78 is 12.8. The monoisotopic (exact) mass is 192 g/mol. The maximum Gasteiger partial charge on any atom is 0.123 e. The lowest BCUT2D eigenvalue weighted by Gasteiger charge is -2.31. The summed E-state index contributed by atoms with van der Waals surface area (Å²) in [6, 6.07) is 7.02. The quantitative estimate of drug-likeness (QED) is 0.633. The molecule has 0 atom stereocenters. The van der Waals surface area contributed by atoms with Crippen LogP contribution >= 0.6 is 0 Å². The van der Waals surface area contributed by atoms with E-state index < -0.39 is 0 Å². The molecule has 0 saturated heterocycles. The number of benzene rings is 1. The first-order chi connectivity index (χ1) is 6.46. The third-order valence-electron chi connectivity index (χ3n) is 3.58. The first kappa shape index (κ1) is 9.70. The lowest BCUT2D eigenvalue weighted by atomic mass is 9.73. The van der Waals surface area contributed by atoms with Gasteiger partial charge in [-0.25, -0.2) is 4.39 Å². The molecule has 1 saturated carbocycles. The van der Waals surface area contributed by atoms with Crippen LogP contribution < -0.4 is 0 Å². The second kappa shape index (κ2) is 2.82. The Morgan fingerprint density at radius 2 is 1.57 bits per heavy atom. The molecule has 0 unspecified atom stereocenters. The molecule has 0 aliphatic heterocycles. The number of rotatable bonds is 1. The average molecular weight is 192 g/mol. The van der Waals surface area contributed by atoms with Gasteiger partial charge < -0.3 is 0 Å². The molecule has 76 valence electrons. The summed E-state index contributed by atoms with van der Waals surface area (Å²) in [6.07, 6.45) is 2.48. The molecule has 0 N–H and O–H groups in total. The van der Waals surface area contributed by atoms with E-state index in [-0.39, 0.29) is 11.2 Å². The van der Waals surface area contributed by atoms with Crippen LogP contribution in [0.5, 0.6) is 0 Å². The van der Waals surface area contributed by atoms with Crippen LogP contribution in [0, 0.1) is 11.2 Å². The second-order valence-corrected chi connectivity index (χ2v) is 5.34. The summed E-state index contributed by atoms with van der Waals surface area (Å²) in [5, 5.41) is 0. The van der Waals surface area contributed by atoms with E-state index in [1.165, 1.54) is 18.4 Å². The lowest BCUT2D eigenvalue weighted by Crippen LogP contribution is -2.25. The minimum atomic E-state index is -0.140. The van der Waals surface area contributed by atoms with Crippen molar-refractivity contribution in [1.82, 2.24) is 0 Å². The largest absolute Gasteiger partial charge is 0.207 e. The van der Waals surface area contributed by atoms with Crippen molar-refractivity contribution >= 4 is 0 Å². The Morgan fingerprint density at radius 3 is 1.93 bits per heavy atom. The highest BCUT2D eigenvalue weighted by atomic mass is 19.1. The van der Waals surface area contributed by atoms with Crippen LogP contribution in [0.15, 0.2) is 24.3 Å². The molecule has 1 aliphatic carbocycles. The van der Waals surface area contributed by atoms with Crippen LogP contribution in [-0.4, -0.2) is 0 Å². The summed E-state index contributed by atoms with van der Waals surface area (Å²) in [4.78, 5) is 0. The zero-order chi connectivity index (χ0) is 10.4. The van der Waals surface area contributed by atoms with Crippen LogP contribution in [0.2, 0.25) is 0 Å². The Bertz CT molecular complexity index is 325. The van der Waals surface area contributed by atoms with Crippen LogP contribution in [0.4, 0.5) is 4.39 Å². The smallest absolute Gasteiger partial charge is 0.123 e. The Morgan fingerprint density at radius 1 is 1.07 bits per heavy atom. The molecular formula is C13H17F. The molecule has 0 spiro atoms. The van der Waals surface area contributed by atoms with Gasteiger partial charge in [0.15, 0.2) is 0 Å². The summed E-state index contributed by atoms with van der Waals surface area (Å²) in [6.45, 7) is 6.80. The molecule has 1 heteroatoms. The second-order valence-electron chi connectivity index (χ2n) is 5.34. The summed E-state index contributed by atoms with van der Waals surface area (Å²) in [5.74, 6) is -0.140. The molecule has 1 aromatic carbocycles. The van der Waals surface area contributed by atoms with Crippen LogP contribution in [0.25, 0.3) is 0 Å². The van der Waals surface area contributed by atoms with Crippen molar-refractivity contribution < 1.29 is 4.39 Å². The van der Waals surface area contributed by atoms with Gasteiger partial charge in [0.1, 0.15) is 5.82 Å². The highest BCUT2D eigenvalue weighted by molar-refractivity contribution is 5.34. The Hall–Kier alpha value is -0.850. The standard InChI is InChI=1S/C13H17F/c1-12(2,3)13(8-9-13)10-4-6-11(14)7-5-10/h4-7H,8-9H2,1-3H3. The van der Waals surface area contributed by atoms with Crippen molar-refractivity contribution in [3.63, 3.8) is 0 Å². The van der Waals surface area contributed by atoms with E-state index in [9.17, 15) is 4.39 Å². The van der Waals surface area contributed by atoms with Crippen molar-refractivity contribution in [2.24, 2.45) is 5.41 Å². The van der Waals surface area contributed by atoms with Gasteiger partial charge in [-0.2, -0.15) is 0 Å². The van der Waals surface area contributed by atoms with Gasteiger partial charge >= 0.3 is 0 Å². The van der Waals surface area contributed by atoms with Gasteiger partial charge in [-0.05, 0) is 36.0 Å². The fourth-order valence-electron chi connectivity index (χ4n) is 2.37. The molecule has 0 nitrogen and oxygen atoms in total. The lowest BCUT2D eigenvalue weighted by molar-refractivity contribution is 0.298. The molecule has 0 bridgehead atoms. The van der Waals surface area contributed by atoms with E-state index in [1.807, 2.05) is 12.1 Å². The minimum absolute atomic E-state index is 0.140. The third-order valence-corrected chi connectivity index (χ3v) is 3.58. The van der Waals surface area contributed by atoms with Crippen LogP contribution in [-0.2, 0) is 5.41 Å². The van der Waals surface area contributed by atoms with E-state index in [1.54, 1.807) is 12.1 Å². The van der Waals surface area contributed by atoms with Gasteiger partial charge in [0, 0.05) is 5.41 Å². The van der Waals surface area contributed by atoms with E-state index in [4.69, 9.17) is 0 Å². The predicted molar refractivity (Wildman–Crippen MR) is 56.8 cm³/mol. The van der Waals surface area contributed by atoms with Gasteiger partial charge in [0.05, 0.1) is 0 Å². The van der Waals surface area contributed by atoms with Gasteiger partial charge in [0.2, 0.25) is 0 Å². The third kappa shape index (κ3) is 1.35. The van der Waals surface area contributed by atoms with Crippen molar-refractivity contribution in [2.75, 3.05) is 0 Å². The highest BCUT2D eigenvalue weighted by Crippen LogP contribution is 2.59. The molecule has 0 amide bonds. The summed E-state index contributed by atoms with van der Waals surface area (Å²) in [7, 11) is 0. The summed E-state index contributed by atoms with van der Waals surface area (Å²) in [5.41, 5.74) is 1.89. The fourth-order valence-corrected chi connectivity index (χ4v) is 2.37. The molecule has 0 heterocycles. The van der Waals surface area contributed by atoms with Crippen molar-refractivity contribution in [3.8, 4) is 0 Å². The molecule has 2 rings (SSSR count). The number of hydrogen-bond donors (Lipinski definition) is 0. The van der Waals surface area contributed by atoms with Gasteiger partial charge in [-0.3, -0.25) is 0 Å². The maximum absolute atomic E-state index is 12.8. The first-order valence-electron chi connectivity index (χ1n) is 5.22. The molecule has 0 radical (unpaired) electrons. The zero-order valence-electron chi connectivity index (χ0n) is 9.10. The Balaban J connectivity index is 2.36. The predicted octanol–water partition coefficient (Wildman–Crippen LogP) is 3.90. The Labute approximate surface area is 85.1 Å². The molecule has 14 heavy (non-hydrogen) atoms. The maximum atomic E-state index is 12.8. The van der Waals surface area contributed by atoms with E-state index in [0.717, 1.165) is 0 Å². The van der Waals surface area contributed by atoms with Crippen molar-refractivity contribution in [2.45, 2.75) is 39.0 Å². The van der Waals surface area contributed by atoms with E-state index in [2.05, 4.69) is 20.8 Å². The van der Waals surface area contributed by atoms with Gasteiger partial charge in [-0.15, -0.1) is 0 Å². The minimum Gasteiger partial charge on any atom is -0.207 e. The zero-order valence-corrected chi connectivity index (χ0v) is 9.10. The number of halogens is 1. The average Bonchev–Trinajstić information content (AvgIpc) is 2.84. The molecule has 1 aliphatic rings. The number of hydrogen-bond acceptors (Lipinski definition) is 0. The van der Waals surface area contributed by atoms with Gasteiger partial charge in [0.25, 0.3) is 0 Å². The summed E-state index contributed by atoms with van der Waals surface area (Å²) >= 11 is 0. The van der Waals surface area contributed by atoms with Crippen molar-refractivity contribution in [3.05, 3.63) is 35.6 Å². The Kier molecular flexibility index (Phi) is 1.95. The van der Waals surface area contributed by atoms with Gasteiger partial charge in [-0.1, -0.05) is 32.9 Å². The molecule has 0 aromatic heterocycles. The fraction of sp³-hybridized carbons (Fsp3) is 0.538. The van der Waals surface area contributed by atoms with Crippen molar-refractivity contribution in [1.29, 1.82) is 0 Å². The van der Waals surface area contributed by atoms with Crippen LogP contribution in [0.3, 0.4) is 0 Å². The molecular weight excluding hydrogens is 175 g/mol. The molecule has 1 aromatic rings. The molecule has 1 fully saturated rings. The van der Waals surface area contributed by atoms with E-state index in [0.29, 0.717) is 5.41 Å². The SMILES string of the molecule is CC(C)(C)C1(c2ccc(F)cc2)CC1. The van der Waals surface area contributed by atoms with E-state index >= 15 is 0 Å². The topological polar surface area (TPSA) is 0 Å². The highest BCUT2D eigenvalue weighted by Gasteiger charge is 2.52.